The van der Waals surface area contributed by atoms with E-state index < -0.39 is 0 Å². The molecule has 4 aliphatic rings. The molecule has 104 valence electrons. The maximum Gasteiger partial charge on any atom is 0.144 e. The van der Waals surface area contributed by atoms with Gasteiger partial charge in [-0.25, -0.2) is 4.98 Å². The molecule has 4 bridgehead atoms. The first kappa shape index (κ1) is 12.2. The summed E-state index contributed by atoms with van der Waals surface area (Å²) in [6, 6.07) is 6.09. The van der Waals surface area contributed by atoms with Crippen LogP contribution in [-0.2, 0) is 0 Å². The number of hydrogen-bond acceptors (Lipinski definition) is 3. The number of nitrogens with zero attached hydrogens (tertiary/aromatic N) is 2. The Morgan fingerprint density at radius 2 is 1.75 bits per heavy atom. The van der Waals surface area contributed by atoms with Crippen molar-refractivity contribution in [3.05, 3.63) is 23.4 Å². The van der Waals surface area contributed by atoms with Crippen molar-refractivity contribution in [2.24, 2.45) is 17.8 Å². The van der Waals surface area contributed by atoms with Gasteiger partial charge in [0, 0.05) is 11.2 Å². The van der Waals surface area contributed by atoms with Gasteiger partial charge in [-0.3, -0.25) is 0 Å². The molecule has 0 aliphatic heterocycles. The topological polar surface area (TPSA) is 48.7 Å². The quantitative estimate of drug-likeness (QED) is 0.890. The highest BCUT2D eigenvalue weighted by atomic mass is 15.1. The number of anilines is 1. The van der Waals surface area contributed by atoms with E-state index in [2.05, 4.69) is 16.4 Å². The number of nitriles is 1. The third kappa shape index (κ3) is 1.90. The van der Waals surface area contributed by atoms with Crippen LogP contribution in [0.5, 0.6) is 0 Å². The number of aryl methyl sites for hydroxylation is 1. The lowest BCUT2D eigenvalue weighted by Gasteiger charge is -2.57. The molecule has 1 N–H and O–H groups in total. The Balaban J connectivity index is 1.66. The van der Waals surface area contributed by atoms with Crippen LogP contribution in [0.25, 0.3) is 0 Å². The maximum atomic E-state index is 9.29. The summed E-state index contributed by atoms with van der Waals surface area (Å²) < 4.78 is 0. The van der Waals surface area contributed by atoms with E-state index in [1.165, 1.54) is 38.5 Å². The van der Waals surface area contributed by atoms with E-state index in [1.807, 2.05) is 19.1 Å². The summed E-state index contributed by atoms with van der Waals surface area (Å²) in [6.07, 6.45) is 8.15. The normalized spacial score (nSPS) is 37.7. The zero-order valence-electron chi connectivity index (χ0n) is 12.0. The smallest absolute Gasteiger partial charge is 0.144 e. The maximum absolute atomic E-state index is 9.29. The van der Waals surface area contributed by atoms with E-state index in [1.54, 1.807) is 0 Å². The number of pyridine rings is 1. The van der Waals surface area contributed by atoms with Crippen molar-refractivity contribution in [1.82, 2.24) is 4.98 Å². The van der Waals surface area contributed by atoms with Crippen LogP contribution in [0.15, 0.2) is 12.1 Å². The van der Waals surface area contributed by atoms with Crippen LogP contribution in [0, 0.1) is 36.0 Å². The lowest BCUT2D eigenvalue weighted by atomic mass is 9.53. The lowest BCUT2D eigenvalue weighted by Crippen LogP contribution is -2.55. The van der Waals surface area contributed by atoms with Gasteiger partial charge in [0.25, 0.3) is 0 Å². The van der Waals surface area contributed by atoms with Gasteiger partial charge in [0.05, 0.1) is 5.56 Å². The molecule has 0 atom stereocenters. The summed E-state index contributed by atoms with van der Waals surface area (Å²) >= 11 is 0. The lowest BCUT2D eigenvalue weighted by molar-refractivity contribution is 0.0105. The minimum absolute atomic E-state index is 0.223. The number of nitrogens with one attached hydrogen (secondary N) is 1. The Morgan fingerprint density at radius 3 is 2.30 bits per heavy atom. The average Bonchev–Trinajstić information content (AvgIpc) is 2.36. The molecule has 0 amide bonds. The molecule has 1 heterocycles. The summed E-state index contributed by atoms with van der Waals surface area (Å²) in [6.45, 7) is 1.99. The standard InChI is InChI=1S/C17H21N3/c1-11-2-3-15(10-18)16(19-11)20-17-7-12-4-13(8-17)6-14(5-12)9-17/h2-3,12-14H,4-9H2,1H3,(H,19,20). The van der Waals surface area contributed by atoms with Crippen LogP contribution >= 0.6 is 0 Å². The Morgan fingerprint density at radius 1 is 1.15 bits per heavy atom. The molecule has 4 saturated carbocycles. The van der Waals surface area contributed by atoms with Gasteiger partial charge in [-0.15, -0.1) is 0 Å². The highest BCUT2D eigenvalue weighted by molar-refractivity contribution is 5.54. The van der Waals surface area contributed by atoms with E-state index in [0.717, 1.165) is 29.3 Å². The SMILES string of the molecule is Cc1ccc(C#N)c(NC23CC4CC(CC(C4)C2)C3)n1. The van der Waals surface area contributed by atoms with Crippen LogP contribution in [0.4, 0.5) is 5.82 Å². The van der Waals surface area contributed by atoms with Gasteiger partial charge in [-0.1, -0.05) is 0 Å². The molecular formula is C17H21N3. The second-order valence-corrected chi connectivity index (χ2v) is 7.28. The molecule has 0 spiro atoms. The highest BCUT2D eigenvalue weighted by Gasteiger charge is 2.51. The van der Waals surface area contributed by atoms with E-state index in [-0.39, 0.29) is 5.54 Å². The molecule has 3 heteroatoms. The minimum Gasteiger partial charge on any atom is -0.364 e. The summed E-state index contributed by atoms with van der Waals surface area (Å²) in [7, 11) is 0. The molecule has 0 aromatic carbocycles. The third-order valence-electron chi connectivity index (χ3n) is 5.58. The first-order chi connectivity index (χ1) is 9.66. The Bertz CT molecular complexity index is 549. The van der Waals surface area contributed by atoms with Gasteiger partial charge in [-0.05, 0) is 75.3 Å². The first-order valence-electron chi connectivity index (χ1n) is 7.82. The zero-order chi connectivity index (χ0) is 13.7. The number of rotatable bonds is 2. The predicted octanol–water partition coefficient (Wildman–Crippen LogP) is 3.64. The molecule has 20 heavy (non-hydrogen) atoms. The van der Waals surface area contributed by atoms with Crippen LogP contribution < -0.4 is 5.32 Å². The van der Waals surface area contributed by atoms with Crippen molar-refractivity contribution in [3.63, 3.8) is 0 Å². The summed E-state index contributed by atoms with van der Waals surface area (Å²) in [5.74, 6) is 3.53. The Kier molecular flexibility index (Phi) is 2.57. The van der Waals surface area contributed by atoms with E-state index in [0.29, 0.717) is 5.56 Å². The molecule has 4 fully saturated rings. The molecule has 0 radical (unpaired) electrons. The van der Waals surface area contributed by atoms with Gasteiger partial charge < -0.3 is 5.32 Å². The summed E-state index contributed by atoms with van der Waals surface area (Å²) in [5, 5.41) is 13.0. The number of aromatic nitrogens is 1. The van der Waals surface area contributed by atoms with Crippen LogP contribution in [0.2, 0.25) is 0 Å². The molecule has 0 saturated heterocycles. The largest absolute Gasteiger partial charge is 0.364 e. The van der Waals surface area contributed by atoms with Gasteiger partial charge in [0.15, 0.2) is 0 Å². The van der Waals surface area contributed by atoms with Crippen molar-refractivity contribution >= 4 is 5.82 Å². The molecule has 5 rings (SSSR count). The summed E-state index contributed by atoms with van der Waals surface area (Å²) in [4.78, 5) is 4.59. The fraction of sp³-hybridized carbons (Fsp3) is 0.647. The van der Waals surface area contributed by atoms with Gasteiger partial charge in [0.1, 0.15) is 11.9 Å². The van der Waals surface area contributed by atoms with Crippen LogP contribution in [-0.4, -0.2) is 10.5 Å². The van der Waals surface area contributed by atoms with E-state index in [9.17, 15) is 5.26 Å². The fourth-order valence-corrected chi connectivity index (χ4v) is 5.26. The number of hydrogen-bond donors (Lipinski definition) is 1. The van der Waals surface area contributed by atoms with Gasteiger partial charge in [-0.2, -0.15) is 5.26 Å². The van der Waals surface area contributed by atoms with Crippen molar-refractivity contribution < 1.29 is 0 Å². The van der Waals surface area contributed by atoms with E-state index in [4.69, 9.17) is 0 Å². The third-order valence-corrected chi connectivity index (χ3v) is 5.58. The average molecular weight is 267 g/mol. The molecule has 1 aromatic rings. The molecule has 4 aliphatic carbocycles. The highest BCUT2D eigenvalue weighted by Crippen LogP contribution is 2.56. The van der Waals surface area contributed by atoms with E-state index >= 15 is 0 Å². The molecule has 1 aromatic heterocycles. The van der Waals surface area contributed by atoms with Crippen LogP contribution in [0.1, 0.15) is 49.8 Å². The van der Waals surface area contributed by atoms with Crippen molar-refractivity contribution in [2.45, 2.75) is 51.0 Å². The summed E-state index contributed by atoms with van der Waals surface area (Å²) in [5.41, 5.74) is 1.89. The van der Waals surface area contributed by atoms with Gasteiger partial charge in [0.2, 0.25) is 0 Å². The second kappa shape index (κ2) is 4.22. The predicted molar refractivity (Wildman–Crippen MR) is 78.2 cm³/mol. The minimum atomic E-state index is 0.223. The Hall–Kier alpha value is -1.56. The molecule has 3 nitrogen and oxygen atoms in total. The molecule has 0 unspecified atom stereocenters. The fourth-order valence-electron chi connectivity index (χ4n) is 5.26. The Labute approximate surface area is 120 Å². The van der Waals surface area contributed by atoms with Crippen molar-refractivity contribution in [1.29, 1.82) is 5.26 Å². The monoisotopic (exact) mass is 267 g/mol. The van der Waals surface area contributed by atoms with Crippen molar-refractivity contribution in [2.75, 3.05) is 5.32 Å². The molecular weight excluding hydrogens is 246 g/mol. The zero-order valence-corrected chi connectivity index (χ0v) is 12.0. The van der Waals surface area contributed by atoms with Crippen LogP contribution in [0.3, 0.4) is 0 Å². The second-order valence-electron chi connectivity index (χ2n) is 7.28. The van der Waals surface area contributed by atoms with Gasteiger partial charge >= 0.3 is 0 Å². The van der Waals surface area contributed by atoms with Crippen molar-refractivity contribution in [3.8, 4) is 6.07 Å². The first-order valence-corrected chi connectivity index (χ1v) is 7.82.